The van der Waals surface area contributed by atoms with E-state index >= 15 is 0 Å². The quantitative estimate of drug-likeness (QED) is 0.796. The van der Waals surface area contributed by atoms with Crippen LogP contribution in [0.4, 0.5) is 0 Å². The van der Waals surface area contributed by atoms with Gasteiger partial charge in [-0.2, -0.15) is 4.98 Å². The number of imide groups is 1. The lowest BCUT2D eigenvalue weighted by Crippen LogP contribution is -2.29. The number of rotatable bonds is 2. The second-order valence-electron chi connectivity index (χ2n) is 4.24. The molecular weight excluding hydrogens is 305 g/mol. The minimum Gasteiger partial charge on any atom is -0.337 e. The van der Waals surface area contributed by atoms with Crippen LogP contribution in [-0.2, 0) is 6.54 Å². The first-order valence-electron chi connectivity index (χ1n) is 5.62. The third kappa shape index (κ3) is 1.97. The first kappa shape index (κ1) is 13.1. The summed E-state index contributed by atoms with van der Waals surface area (Å²) in [5, 5.41) is 4.06. The molecule has 2 heterocycles. The molecule has 2 amide bonds. The van der Waals surface area contributed by atoms with Gasteiger partial charge in [-0.3, -0.25) is 14.5 Å². The Labute approximate surface area is 123 Å². The second-order valence-corrected chi connectivity index (χ2v) is 5.06. The van der Waals surface area contributed by atoms with Crippen molar-refractivity contribution in [3.05, 3.63) is 45.0 Å². The molecule has 1 aromatic heterocycles. The predicted octanol–water partition coefficient (Wildman–Crippen LogP) is 2.48. The zero-order chi connectivity index (χ0) is 14.4. The summed E-state index contributed by atoms with van der Waals surface area (Å²) in [6, 6.07) is 2.77. The summed E-state index contributed by atoms with van der Waals surface area (Å²) in [4.78, 5) is 29.4. The van der Waals surface area contributed by atoms with E-state index in [-0.39, 0.29) is 33.6 Å². The maximum absolute atomic E-state index is 12.2. The normalized spacial score (nSPS) is 14.1. The lowest BCUT2D eigenvalue weighted by atomic mass is 10.1. The van der Waals surface area contributed by atoms with E-state index in [1.165, 1.54) is 12.1 Å². The third-order valence-electron chi connectivity index (χ3n) is 2.87. The predicted molar refractivity (Wildman–Crippen MR) is 69.7 cm³/mol. The summed E-state index contributed by atoms with van der Waals surface area (Å²) in [6.07, 6.45) is 0. The van der Waals surface area contributed by atoms with Crippen molar-refractivity contribution in [2.75, 3.05) is 0 Å². The fraction of sp³-hybridized carbons (Fsp3) is 0.167. The van der Waals surface area contributed by atoms with Gasteiger partial charge in [-0.05, 0) is 19.1 Å². The zero-order valence-electron chi connectivity index (χ0n) is 10.2. The van der Waals surface area contributed by atoms with Gasteiger partial charge in [-0.1, -0.05) is 28.4 Å². The molecule has 1 aliphatic heterocycles. The molecule has 20 heavy (non-hydrogen) atoms. The van der Waals surface area contributed by atoms with Crippen LogP contribution in [0.3, 0.4) is 0 Å². The SMILES string of the molecule is Cc1noc(CN2C(=O)c3cc(Cl)c(Cl)cc3C2=O)n1. The van der Waals surface area contributed by atoms with Crippen LogP contribution in [0.1, 0.15) is 32.4 Å². The van der Waals surface area contributed by atoms with Gasteiger partial charge < -0.3 is 4.52 Å². The Bertz CT molecular complexity index is 701. The highest BCUT2D eigenvalue weighted by molar-refractivity contribution is 6.43. The number of carbonyl (C=O) groups excluding carboxylic acids is 2. The van der Waals surface area contributed by atoms with E-state index in [1.807, 2.05) is 0 Å². The molecule has 0 radical (unpaired) electrons. The minimum absolute atomic E-state index is 0.0809. The maximum Gasteiger partial charge on any atom is 0.262 e. The van der Waals surface area contributed by atoms with E-state index in [4.69, 9.17) is 27.7 Å². The van der Waals surface area contributed by atoms with E-state index in [9.17, 15) is 9.59 Å². The van der Waals surface area contributed by atoms with Crippen molar-refractivity contribution in [2.45, 2.75) is 13.5 Å². The lowest BCUT2D eigenvalue weighted by Gasteiger charge is -2.09. The average Bonchev–Trinajstić information content (AvgIpc) is 2.90. The van der Waals surface area contributed by atoms with Gasteiger partial charge in [0.2, 0.25) is 5.89 Å². The Balaban J connectivity index is 1.97. The standard InChI is InChI=1S/C12H7Cl2N3O3/c1-5-15-10(20-16-5)4-17-11(18)6-2-8(13)9(14)3-7(6)12(17)19/h2-3H,4H2,1H3. The highest BCUT2D eigenvalue weighted by atomic mass is 35.5. The summed E-state index contributed by atoms with van der Waals surface area (Å²) in [6.45, 7) is 1.57. The fourth-order valence-electron chi connectivity index (χ4n) is 1.97. The number of carbonyl (C=O) groups is 2. The fourth-order valence-corrected chi connectivity index (χ4v) is 2.29. The molecule has 0 spiro atoms. The minimum atomic E-state index is -0.459. The van der Waals surface area contributed by atoms with Gasteiger partial charge in [0, 0.05) is 0 Å². The number of halogens is 2. The van der Waals surface area contributed by atoms with E-state index in [0.29, 0.717) is 5.82 Å². The van der Waals surface area contributed by atoms with Crippen LogP contribution in [0.15, 0.2) is 16.7 Å². The van der Waals surface area contributed by atoms with Crippen molar-refractivity contribution >= 4 is 35.0 Å². The molecule has 0 bridgehead atoms. The summed E-state index contributed by atoms with van der Waals surface area (Å²) in [7, 11) is 0. The van der Waals surface area contributed by atoms with E-state index in [0.717, 1.165) is 4.90 Å². The number of fused-ring (bicyclic) bond motifs is 1. The van der Waals surface area contributed by atoms with Crippen LogP contribution in [0.5, 0.6) is 0 Å². The first-order chi connectivity index (χ1) is 9.47. The van der Waals surface area contributed by atoms with E-state index in [2.05, 4.69) is 10.1 Å². The third-order valence-corrected chi connectivity index (χ3v) is 3.60. The summed E-state index contributed by atoms with van der Waals surface area (Å²) >= 11 is 11.7. The largest absolute Gasteiger partial charge is 0.337 e. The summed E-state index contributed by atoms with van der Waals surface area (Å²) in [5.74, 6) is -0.296. The number of aromatic nitrogens is 2. The molecule has 6 nitrogen and oxygen atoms in total. The summed E-state index contributed by atoms with van der Waals surface area (Å²) < 4.78 is 4.91. The molecule has 0 atom stereocenters. The number of hydrogen-bond acceptors (Lipinski definition) is 5. The molecular formula is C12H7Cl2N3O3. The number of amides is 2. The van der Waals surface area contributed by atoms with Crippen molar-refractivity contribution < 1.29 is 14.1 Å². The molecule has 102 valence electrons. The Hall–Kier alpha value is -1.92. The van der Waals surface area contributed by atoms with Crippen molar-refractivity contribution in [2.24, 2.45) is 0 Å². The Kier molecular flexibility index (Phi) is 2.99. The molecule has 8 heteroatoms. The molecule has 2 aromatic rings. The first-order valence-corrected chi connectivity index (χ1v) is 6.37. The van der Waals surface area contributed by atoms with Crippen molar-refractivity contribution in [3.63, 3.8) is 0 Å². The Morgan fingerprint density at radius 3 is 2.15 bits per heavy atom. The van der Waals surface area contributed by atoms with E-state index in [1.54, 1.807) is 6.92 Å². The summed E-state index contributed by atoms with van der Waals surface area (Å²) in [5.41, 5.74) is 0.446. The molecule has 1 aliphatic rings. The van der Waals surface area contributed by atoms with Crippen molar-refractivity contribution in [3.8, 4) is 0 Å². The number of aryl methyl sites for hydroxylation is 1. The maximum atomic E-state index is 12.2. The van der Waals surface area contributed by atoms with E-state index < -0.39 is 11.8 Å². The topological polar surface area (TPSA) is 76.3 Å². The molecule has 0 saturated heterocycles. The molecule has 0 unspecified atom stereocenters. The molecule has 0 N–H and O–H groups in total. The van der Waals surface area contributed by atoms with Gasteiger partial charge >= 0.3 is 0 Å². The number of hydrogen-bond donors (Lipinski definition) is 0. The van der Waals surface area contributed by atoms with Crippen LogP contribution in [-0.4, -0.2) is 26.9 Å². The van der Waals surface area contributed by atoms with Gasteiger partial charge in [0.25, 0.3) is 11.8 Å². The van der Waals surface area contributed by atoms with Crippen molar-refractivity contribution in [1.29, 1.82) is 0 Å². The lowest BCUT2D eigenvalue weighted by molar-refractivity contribution is 0.0625. The van der Waals surface area contributed by atoms with Crippen LogP contribution in [0, 0.1) is 6.92 Å². The Morgan fingerprint density at radius 2 is 1.70 bits per heavy atom. The molecule has 3 rings (SSSR count). The van der Waals surface area contributed by atoms with Gasteiger partial charge in [0.1, 0.15) is 6.54 Å². The average molecular weight is 312 g/mol. The smallest absolute Gasteiger partial charge is 0.262 e. The number of benzene rings is 1. The van der Waals surface area contributed by atoms with Crippen LogP contribution in [0.25, 0.3) is 0 Å². The molecule has 0 saturated carbocycles. The van der Waals surface area contributed by atoms with Crippen LogP contribution < -0.4 is 0 Å². The van der Waals surface area contributed by atoms with Crippen molar-refractivity contribution in [1.82, 2.24) is 15.0 Å². The molecule has 0 fully saturated rings. The Morgan fingerprint density at radius 1 is 1.15 bits per heavy atom. The highest BCUT2D eigenvalue weighted by Gasteiger charge is 2.37. The molecule has 0 aliphatic carbocycles. The van der Waals surface area contributed by atoms with Gasteiger partial charge in [-0.15, -0.1) is 0 Å². The van der Waals surface area contributed by atoms with Gasteiger partial charge in [0.05, 0.1) is 21.2 Å². The van der Waals surface area contributed by atoms with Crippen LogP contribution in [0.2, 0.25) is 10.0 Å². The molecule has 1 aromatic carbocycles. The number of nitrogens with zero attached hydrogens (tertiary/aromatic N) is 3. The van der Waals surface area contributed by atoms with Crippen LogP contribution >= 0.6 is 23.2 Å². The highest BCUT2D eigenvalue weighted by Crippen LogP contribution is 2.32. The zero-order valence-corrected chi connectivity index (χ0v) is 11.7. The second kappa shape index (κ2) is 4.57. The van der Waals surface area contributed by atoms with Gasteiger partial charge in [-0.25, -0.2) is 0 Å². The monoisotopic (exact) mass is 311 g/mol. The van der Waals surface area contributed by atoms with Gasteiger partial charge in [0.15, 0.2) is 5.82 Å².